The van der Waals surface area contributed by atoms with Gasteiger partial charge in [-0.05, 0) is 45.7 Å². The van der Waals surface area contributed by atoms with Crippen molar-refractivity contribution in [2.75, 3.05) is 4.90 Å². The first-order valence-corrected chi connectivity index (χ1v) is 7.50. The Morgan fingerprint density at radius 2 is 1.95 bits per heavy atom. The van der Waals surface area contributed by atoms with Crippen molar-refractivity contribution in [2.24, 2.45) is 0 Å². The molecule has 0 amide bonds. The van der Waals surface area contributed by atoms with Crippen LogP contribution in [0.3, 0.4) is 0 Å². The van der Waals surface area contributed by atoms with E-state index in [0.717, 1.165) is 17.7 Å². The first-order valence-electron chi connectivity index (χ1n) is 7.50. The van der Waals surface area contributed by atoms with E-state index in [1.54, 1.807) is 0 Å². The molecular formula is C17H23NO3. The van der Waals surface area contributed by atoms with Gasteiger partial charge in [-0.25, -0.2) is 4.79 Å². The number of benzene rings is 1. The van der Waals surface area contributed by atoms with E-state index in [9.17, 15) is 9.90 Å². The summed E-state index contributed by atoms with van der Waals surface area (Å²) in [5.41, 5.74) is 1.57. The minimum atomic E-state index is -0.758. The Morgan fingerprint density at radius 3 is 2.52 bits per heavy atom. The lowest BCUT2D eigenvalue weighted by atomic mass is 9.92. The molecule has 4 heteroatoms. The summed E-state index contributed by atoms with van der Waals surface area (Å²) < 4.78 is 6.17. The van der Waals surface area contributed by atoms with Crippen molar-refractivity contribution in [3.05, 3.63) is 29.8 Å². The second-order valence-corrected chi connectivity index (χ2v) is 7.28. The van der Waals surface area contributed by atoms with Gasteiger partial charge in [-0.3, -0.25) is 0 Å². The molecule has 114 valence electrons. The SMILES string of the molecule is CC1(C)CC(N2c3ccccc3CC2C(=O)O)C(C)(C)O1. The van der Waals surface area contributed by atoms with Gasteiger partial charge in [0.2, 0.25) is 0 Å². The Morgan fingerprint density at radius 1 is 1.29 bits per heavy atom. The van der Waals surface area contributed by atoms with Crippen molar-refractivity contribution in [1.29, 1.82) is 0 Å². The molecule has 2 atom stereocenters. The molecule has 3 rings (SSSR count). The average Bonchev–Trinajstić information content (AvgIpc) is 2.83. The monoisotopic (exact) mass is 289 g/mol. The summed E-state index contributed by atoms with van der Waals surface area (Å²) in [6.07, 6.45) is 1.40. The molecular weight excluding hydrogens is 266 g/mol. The Kier molecular flexibility index (Phi) is 3.06. The molecule has 0 radical (unpaired) electrons. The van der Waals surface area contributed by atoms with Gasteiger partial charge in [0, 0.05) is 12.1 Å². The number of carboxylic acid groups (broad SMARTS) is 1. The molecule has 0 spiro atoms. The van der Waals surface area contributed by atoms with Crippen molar-refractivity contribution in [2.45, 2.75) is 63.8 Å². The van der Waals surface area contributed by atoms with Crippen molar-refractivity contribution < 1.29 is 14.6 Å². The summed E-state index contributed by atoms with van der Waals surface area (Å²) in [4.78, 5) is 13.8. The molecule has 0 bridgehead atoms. The van der Waals surface area contributed by atoms with Crippen LogP contribution >= 0.6 is 0 Å². The number of nitrogens with zero attached hydrogens (tertiary/aromatic N) is 1. The normalized spacial score (nSPS) is 29.4. The second kappa shape index (κ2) is 4.47. The molecule has 1 aromatic rings. The third-order valence-electron chi connectivity index (χ3n) is 4.67. The van der Waals surface area contributed by atoms with E-state index in [0.29, 0.717) is 6.42 Å². The number of ether oxygens (including phenoxy) is 1. The van der Waals surface area contributed by atoms with Gasteiger partial charge in [-0.1, -0.05) is 18.2 Å². The maximum atomic E-state index is 11.7. The summed E-state index contributed by atoms with van der Waals surface area (Å²) in [6.45, 7) is 8.28. The number of fused-ring (bicyclic) bond motifs is 1. The zero-order valence-electron chi connectivity index (χ0n) is 13.1. The topological polar surface area (TPSA) is 49.8 Å². The highest BCUT2D eigenvalue weighted by atomic mass is 16.5. The number of anilines is 1. The van der Waals surface area contributed by atoms with Crippen LogP contribution in [-0.4, -0.2) is 34.4 Å². The predicted octanol–water partition coefficient (Wildman–Crippen LogP) is 2.85. The maximum Gasteiger partial charge on any atom is 0.326 e. The quantitative estimate of drug-likeness (QED) is 0.909. The van der Waals surface area contributed by atoms with Crippen LogP contribution in [0.25, 0.3) is 0 Å². The molecule has 1 N–H and O–H groups in total. The summed E-state index contributed by atoms with van der Waals surface area (Å²) in [6, 6.07) is 7.58. The summed E-state index contributed by atoms with van der Waals surface area (Å²) in [7, 11) is 0. The molecule has 4 nitrogen and oxygen atoms in total. The number of hydrogen-bond donors (Lipinski definition) is 1. The lowest BCUT2D eigenvalue weighted by molar-refractivity contribution is -0.138. The van der Waals surface area contributed by atoms with Gasteiger partial charge in [0.25, 0.3) is 0 Å². The van der Waals surface area contributed by atoms with Crippen LogP contribution in [0.5, 0.6) is 0 Å². The molecule has 1 saturated heterocycles. The van der Waals surface area contributed by atoms with Crippen LogP contribution < -0.4 is 4.90 Å². The molecule has 2 unspecified atom stereocenters. The van der Waals surface area contributed by atoms with Crippen molar-refractivity contribution >= 4 is 11.7 Å². The zero-order chi connectivity index (χ0) is 15.4. The largest absolute Gasteiger partial charge is 0.480 e. The van der Waals surface area contributed by atoms with Gasteiger partial charge in [0.15, 0.2) is 0 Å². The summed E-state index contributed by atoms with van der Waals surface area (Å²) >= 11 is 0. The minimum absolute atomic E-state index is 0.0669. The number of rotatable bonds is 2. The molecule has 0 aromatic heterocycles. The van der Waals surface area contributed by atoms with Gasteiger partial charge < -0.3 is 14.7 Å². The maximum absolute atomic E-state index is 11.7. The van der Waals surface area contributed by atoms with Crippen LogP contribution in [0.4, 0.5) is 5.69 Å². The van der Waals surface area contributed by atoms with Crippen LogP contribution in [-0.2, 0) is 16.0 Å². The summed E-state index contributed by atoms with van der Waals surface area (Å²) in [5, 5.41) is 9.63. The highest BCUT2D eigenvalue weighted by Crippen LogP contribution is 2.45. The van der Waals surface area contributed by atoms with E-state index in [-0.39, 0.29) is 17.2 Å². The first kappa shape index (κ1) is 14.4. The number of hydrogen-bond acceptors (Lipinski definition) is 3. The smallest absolute Gasteiger partial charge is 0.326 e. The molecule has 21 heavy (non-hydrogen) atoms. The lowest BCUT2D eigenvalue weighted by Crippen LogP contribution is -2.52. The van der Waals surface area contributed by atoms with Gasteiger partial charge in [-0.2, -0.15) is 0 Å². The fraction of sp³-hybridized carbons (Fsp3) is 0.588. The fourth-order valence-electron chi connectivity index (χ4n) is 3.97. The van der Waals surface area contributed by atoms with E-state index in [2.05, 4.69) is 32.6 Å². The van der Waals surface area contributed by atoms with Crippen LogP contribution in [0.2, 0.25) is 0 Å². The third-order valence-corrected chi connectivity index (χ3v) is 4.67. The standard InChI is InChI=1S/C17H23NO3/c1-16(2)10-14(17(3,4)21-16)18-12-8-6-5-7-11(12)9-13(18)15(19)20/h5-8,13-14H,9-10H2,1-4H3,(H,19,20). The third kappa shape index (κ3) is 2.31. The van der Waals surface area contributed by atoms with Gasteiger partial charge in [0.1, 0.15) is 6.04 Å². The molecule has 0 saturated carbocycles. The highest BCUT2D eigenvalue weighted by molar-refractivity contribution is 5.83. The Bertz CT molecular complexity index is 579. The van der Waals surface area contributed by atoms with Crippen LogP contribution in [0, 0.1) is 0 Å². The highest BCUT2D eigenvalue weighted by Gasteiger charge is 2.52. The zero-order valence-corrected chi connectivity index (χ0v) is 13.1. The number of carbonyl (C=O) groups is 1. The Hall–Kier alpha value is -1.55. The molecule has 2 heterocycles. The second-order valence-electron chi connectivity index (χ2n) is 7.28. The Labute approximate surface area is 125 Å². The van der Waals surface area contributed by atoms with E-state index in [1.807, 2.05) is 24.3 Å². The number of aliphatic carboxylic acids is 1. The van der Waals surface area contributed by atoms with Gasteiger partial charge in [0.05, 0.1) is 17.2 Å². The fourth-order valence-corrected chi connectivity index (χ4v) is 3.97. The minimum Gasteiger partial charge on any atom is -0.480 e. The van der Waals surface area contributed by atoms with Crippen molar-refractivity contribution in [3.63, 3.8) is 0 Å². The van der Waals surface area contributed by atoms with E-state index in [1.165, 1.54) is 0 Å². The Balaban J connectivity index is 2.04. The molecule has 2 aliphatic heterocycles. The van der Waals surface area contributed by atoms with Gasteiger partial charge >= 0.3 is 5.97 Å². The first-order chi connectivity index (χ1) is 9.71. The van der Waals surface area contributed by atoms with Crippen LogP contribution in [0.15, 0.2) is 24.3 Å². The molecule has 1 aromatic carbocycles. The predicted molar refractivity (Wildman–Crippen MR) is 81.7 cm³/mol. The average molecular weight is 289 g/mol. The van der Waals surface area contributed by atoms with Crippen molar-refractivity contribution in [1.82, 2.24) is 0 Å². The van der Waals surface area contributed by atoms with E-state index >= 15 is 0 Å². The van der Waals surface area contributed by atoms with Gasteiger partial charge in [-0.15, -0.1) is 0 Å². The molecule has 1 fully saturated rings. The van der Waals surface area contributed by atoms with E-state index < -0.39 is 12.0 Å². The molecule has 2 aliphatic rings. The number of carboxylic acids is 1. The number of para-hydroxylation sites is 1. The summed E-state index contributed by atoms with van der Waals surface area (Å²) in [5.74, 6) is -0.758. The van der Waals surface area contributed by atoms with Crippen molar-refractivity contribution in [3.8, 4) is 0 Å². The van der Waals surface area contributed by atoms with Crippen LogP contribution in [0.1, 0.15) is 39.7 Å². The molecule has 0 aliphatic carbocycles. The van der Waals surface area contributed by atoms with E-state index in [4.69, 9.17) is 4.74 Å². The lowest BCUT2D eigenvalue weighted by Gasteiger charge is -2.38.